The quantitative estimate of drug-likeness (QED) is 0.827. The molecule has 1 saturated heterocycles. The molecule has 6 nitrogen and oxygen atoms in total. The molecular weight excluding hydrogens is 330 g/mol. The summed E-state index contributed by atoms with van der Waals surface area (Å²) in [5.41, 5.74) is 0.685. The molecule has 0 radical (unpaired) electrons. The van der Waals surface area contributed by atoms with Crippen molar-refractivity contribution < 1.29 is 14.3 Å². The molecule has 1 aliphatic heterocycles. The molecule has 6 heteroatoms. The van der Waals surface area contributed by atoms with Gasteiger partial charge in [-0.3, -0.25) is 4.79 Å². The highest BCUT2D eigenvalue weighted by atomic mass is 16.5. The Morgan fingerprint density at radius 2 is 2.15 bits per heavy atom. The van der Waals surface area contributed by atoms with Gasteiger partial charge in [-0.2, -0.15) is 0 Å². The van der Waals surface area contributed by atoms with E-state index in [0.717, 1.165) is 31.6 Å². The van der Waals surface area contributed by atoms with E-state index in [1.807, 2.05) is 36.5 Å². The van der Waals surface area contributed by atoms with Crippen LogP contribution in [0.4, 0.5) is 0 Å². The zero-order valence-corrected chi connectivity index (χ0v) is 15.4. The summed E-state index contributed by atoms with van der Waals surface area (Å²) in [5, 5.41) is 3.17. The van der Waals surface area contributed by atoms with E-state index in [0.29, 0.717) is 12.2 Å². The molecule has 1 amide bonds. The van der Waals surface area contributed by atoms with E-state index in [1.54, 1.807) is 13.3 Å². The average molecular weight is 357 g/mol. The zero-order valence-electron chi connectivity index (χ0n) is 15.4. The highest BCUT2D eigenvalue weighted by Gasteiger charge is 2.32. The Labute approximate surface area is 154 Å². The Morgan fingerprint density at radius 1 is 1.35 bits per heavy atom. The summed E-state index contributed by atoms with van der Waals surface area (Å²) in [4.78, 5) is 17.0. The largest absolute Gasteiger partial charge is 0.383 e. The molecule has 1 aliphatic rings. The van der Waals surface area contributed by atoms with Gasteiger partial charge in [-0.1, -0.05) is 25.1 Å². The monoisotopic (exact) mass is 357 g/mol. The highest BCUT2D eigenvalue weighted by molar-refractivity contribution is 5.94. The second-order valence-electron chi connectivity index (χ2n) is 6.63. The van der Waals surface area contributed by atoms with Crippen molar-refractivity contribution in [1.82, 2.24) is 14.9 Å². The fraction of sp³-hybridized carbons (Fsp3) is 0.500. The summed E-state index contributed by atoms with van der Waals surface area (Å²) >= 11 is 0. The number of imidazole rings is 1. The van der Waals surface area contributed by atoms with Gasteiger partial charge in [0, 0.05) is 44.1 Å². The van der Waals surface area contributed by atoms with Crippen molar-refractivity contribution in [3.63, 3.8) is 0 Å². The van der Waals surface area contributed by atoms with Crippen LogP contribution in [0.25, 0.3) is 0 Å². The van der Waals surface area contributed by atoms with Gasteiger partial charge in [0.05, 0.1) is 12.7 Å². The number of nitrogens with zero attached hydrogens (tertiary/aromatic N) is 2. The van der Waals surface area contributed by atoms with Crippen LogP contribution < -0.4 is 5.32 Å². The summed E-state index contributed by atoms with van der Waals surface area (Å²) in [6, 6.07) is 9.40. The Kier molecular flexibility index (Phi) is 6.41. The normalized spacial score (nSPS) is 22.9. The third kappa shape index (κ3) is 4.51. The topological polar surface area (TPSA) is 65.4 Å². The van der Waals surface area contributed by atoms with Crippen LogP contribution in [0.1, 0.15) is 48.5 Å². The maximum atomic E-state index is 12.5. The van der Waals surface area contributed by atoms with Gasteiger partial charge in [-0.25, -0.2) is 4.98 Å². The minimum Gasteiger partial charge on any atom is -0.383 e. The summed E-state index contributed by atoms with van der Waals surface area (Å²) in [6.45, 7) is 3.48. The van der Waals surface area contributed by atoms with Crippen LogP contribution in [0.2, 0.25) is 0 Å². The molecule has 0 aliphatic carbocycles. The van der Waals surface area contributed by atoms with Crippen LogP contribution in [-0.4, -0.2) is 41.3 Å². The molecule has 0 spiro atoms. The first kappa shape index (κ1) is 18.6. The fourth-order valence-corrected chi connectivity index (χ4v) is 3.41. The molecule has 2 heterocycles. The van der Waals surface area contributed by atoms with Gasteiger partial charge in [0.15, 0.2) is 0 Å². The summed E-state index contributed by atoms with van der Waals surface area (Å²) < 4.78 is 13.5. The predicted octanol–water partition coefficient (Wildman–Crippen LogP) is 2.96. The lowest BCUT2D eigenvalue weighted by Gasteiger charge is -2.35. The number of methoxy groups -OCH3 is 1. The lowest BCUT2D eigenvalue weighted by atomic mass is 9.96. The standard InChI is InChI=1S/C20H27N3O3/c1-3-17-13-16(22-20(24)15-7-5-4-6-8-15)14-18(26-17)19-21-9-10-23(19)11-12-25-2/h4-10,16-18H,3,11-14H2,1-2H3,(H,22,24)/t16-,17+,18+/m1/s1. The van der Waals surface area contributed by atoms with Crippen molar-refractivity contribution in [3.8, 4) is 0 Å². The lowest BCUT2D eigenvalue weighted by Crippen LogP contribution is -2.43. The lowest BCUT2D eigenvalue weighted by molar-refractivity contribution is -0.0687. The smallest absolute Gasteiger partial charge is 0.251 e. The van der Waals surface area contributed by atoms with Gasteiger partial charge in [-0.15, -0.1) is 0 Å². The number of nitrogens with one attached hydrogen (secondary N) is 1. The third-order valence-electron chi connectivity index (χ3n) is 4.80. The van der Waals surface area contributed by atoms with Crippen LogP contribution in [0.5, 0.6) is 0 Å². The number of carbonyl (C=O) groups is 1. The number of carbonyl (C=O) groups excluding carboxylic acids is 1. The summed E-state index contributed by atoms with van der Waals surface area (Å²) in [7, 11) is 1.69. The van der Waals surface area contributed by atoms with Crippen LogP contribution in [-0.2, 0) is 16.0 Å². The van der Waals surface area contributed by atoms with E-state index >= 15 is 0 Å². The van der Waals surface area contributed by atoms with Crippen molar-refractivity contribution in [1.29, 1.82) is 0 Å². The van der Waals surface area contributed by atoms with E-state index in [2.05, 4.69) is 21.8 Å². The molecule has 1 aromatic carbocycles. The van der Waals surface area contributed by atoms with Crippen molar-refractivity contribution in [2.75, 3.05) is 13.7 Å². The SMILES string of the molecule is CC[C@H]1C[C@@H](NC(=O)c2ccccc2)C[C@@H](c2nccn2CCOC)O1. The van der Waals surface area contributed by atoms with Crippen molar-refractivity contribution >= 4 is 5.91 Å². The maximum Gasteiger partial charge on any atom is 0.251 e. The Morgan fingerprint density at radius 3 is 2.88 bits per heavy atom. The molecule has 2 aromatic rings. The van der Waals surface area contributed by atoms with E-state index in [-0.39, 0.29) is 24.2 Å². The first-order chi connectivity index (χ1) is 12.7. The van der Waals surface area contributed by atoms with Crippen molar-refractivity contribution in [3.05, 3.63) is 54.1 Å². The van der Waals surface area contributed by atoms with Crippen LogP contribution in [0, 0.1) is 0 Å². The number of ether oxygens (including phenoxy) is 2. The molecule has 0 unspecified atom stereocenters. The first-order valence-corrected chi connectivity index (χ1v) is 9.22. The van der Waals surface area contributed by atoms with Gasteiger partial charge in [0.2, 0.25) is 0 Å². The van der Waals surface area contributed by atoms with Crippen LogP contribution >= 0.6 is 0 Å². The maximum absolute atomic E-state index is 12.5. The summed E-state index contributed by atoms with van der Waals surface area (Å²) in [6.07, 6.45) is 6.19. The molecular formula is C20H27N3O3. The fourth-order valence-electron chi connectivity index (χ4n) is 3.41. The predicted molar refractivity (Wildman–Crippen MR) is 98.9 cm³/mol. The van der Waals surface area contributed by atoms with E-state index < -0.39 is 0 Å². The van der Waals surface area contributed by atoms with Gasteiger partial charge in [-0.05, 0) is 25.0 Å². The van der Waals surface area contributed by atoms with Crippen LogP contribution in [0.15, 0.2) is 42.7 Å². The first-order valence-electron chi connectivity index (χ1n) is 9.22. The second kappa shape index (κ2) is 8.96. The van der Waals surface area contributed by atoms with Crippen molar-refractivity contribution in [2.45, 2.75) is 51.0 Å². The molecule has 3 rings (SSSR count). The zero-order chi connectivity index (χ0) is 18.4. The molecule has 26 heavy (non-hydrogen) atoms. The highest BCUT2D eigenvalue weighted by Crippen LogP contribution is 2.32. The summed E-state index contributed by atoms with van der Waals surface area (Å²) in [5.74, 6) is 0.869. The minimum absolute atomic E-state index is 0.0335. The average Bonchev–Trinajstić information content (AvgIpc) is 3.15. The van der Waals surface area contributed by atoms with Crippen LogP contribution in [0.3, 0.4) is 0 Å². The van der Waals surface area contributed by atoms with Gasteiger partial charge >= 0.3 is 0 Å². The number of benzene rings is 1. The molecule has 140 valence electrons. The molecule has 1 aromatic heterocycles. The number of rotatable bonds is 7. The Bertz CT molecular complexity index is 701. The van der Waals surface area contributed by atoms with Crippen molar-refractivity contribution in [2.24, 2.45) is 0 Å². The van der Waals surface area contributed by atoms with E-state index in [1.165, 1.54) is 0 Å². The molecule has 0 saturated carbocycles. The second-order valence-corrected chi connectivity index (χ2v) is 6.63. The Hall–Kier alpha value is -2.18. The number of amides is 1. The number of hydrogen-bond acceptors (Lipinski definition) is 4. The Balaban J connectivity index is 1.70. The third-order valence-corrected chi connectivity index (χ3v) is 4.80. The van der Waals surface area contributed by atoms with Gasteiger partial charge in [0.25, 0.3) is 5.91 Å². The van der Waals surface area contributed by atoms with Gasteiger partial charge in [0.1, 0.15) is 11.9 Å². The van der Waals surface area contributed by atoms with Gasteiger partial charge < -0.3 is 19.4 Å². The molecule has 3 atom stereocenters. The van der Waals surface area contributed by atoms with E-state index in [4.69, 9.17) is 9.47 Å². The number of hydrogen-bond donors (Lipinski definition) is 1. The minimum atomic E-state index is -0.123. The molecule has 1 fully saturated rings. The molecule has 1 N–H and O–H groups in total. The number of aromatic nitrogens is 2. The molecule has 0 bridgehead atoms. The van der Waals surface area contributed by atoms with E-state index in [9.17, 15) is 4.79 Å².